The van der Waals surface area contributed by atoms with Gasteiger partial charge in [0.2, 0.25) is 0 Å². The van der Waals surface area contributed by atoms with Crippen LogP contribution in [0.1, 0.15) is 28.4 Å². The van der Waals surface area contributed by atoms with Crippen molar-refractivity contribution < 1.29 is 31.5 Å². The topological polar surface area (TPSA) is 26.3 Å². The second-order valence-electron chi connectivity index (χ2n) is 3.56. The molecule has 0 amide bonds. The molecule has 7 heteroatoms. The molecule has 0 aliphatic heterocycles. The number of Topliss-reactive ketones (excluding diaryl/α,β-unsaturated/α-hetero) is 1. The minimum Gasteiger partial charge on any atom is -0.434 e. The van der Waals surface area contributed by atoms with Crippen LogP contribution >= 0.6 is 0 Å². The van der Waals surface area contributed by atoms with Crippen molar-refractivity contribution in [2.45, 2.75) is 26.6 Å². The van der Waals surface area contributed by atoms with Gasteiger partial charge in [-0.15, -0.1) is 0 Å². The maximum Gasteiger partial charge on any atom is 0.420 e. The molecule has 0 fully saturated rings. The number of aryl methyl sites for hydroxylation is 1. The van der Waals surface area contributed by atoms with E-state index in [1.165, 1.54) is 6.92 Å². The zero-order valence-corrected chi connectivity index (χ0v) is 9.44. The molecule has 1 rings (SSSR count). The molecular formula is C11H9F5O2. The van der Waals surface area contributed by atoms with Crippen molar-refractivity contribution >= 4 is 5.78 Å². The average Bonchev–Trinajstić information content (AvgIpc) is 2.17. The van der Waals surface area contributed by atoms with Crippen LogP contribution in [0.4, 0.5) is 22.0 Å². The van der Waals surface area contributed by atoms with Crippen LogP contribution in [0.25, 0.3) is 0 Å². The number of hydrogen-bond acceptors (Lipinski definition) is 2. The molecular weight excluding hydrogens is 259 g/mol. The van der Waals surface area contributed by atoms with Crippen molar-refractivity contribution in [3.63, 3.8) is 0 Å². The number of ketones is 1. The quantitative estimate of drug-likeness (QED) is 0.615. The Kier molecular flexibility index (Phi) is 3.93. The van der Waals surface area contributed by atoms with E-state index in [0.29, 0.717) is 0 Å². The summed E-state index contributed by atoms with van der Waals surface area (Å²) >= 11 is 0. The Hall–Kier alpha value is -1.66. The van der Waals surface area contributed by atoms with Gasteiger partial charge >= 0.3 is 12.8 Å². The predicted octanol–water partition coefficient (Wildman–Crippen LogP) is 3.82. The average molecular weight is 268 g/mol. The van der Waals surface area contributed by atoms with E-state index in [0.717, 1.165) is 19.1 Å². The van der Waals surface area contributed by atoms with Crippen LogP contribution in [0, 0.1) is 6.92 Å². The molecule has 18 heavy (non-hydrogen) atoms. The largest absolute Gasteiger partial charge is 0.434 e. The fourth-order valence-electron chi connectivity index (χ4n) is 1.62. The molecule has 0 saturated heterocycles. The molecule has 0 aliphatic rings. The third kappa shape index (κ3) is 2.96. The Morgan fingerprint density at radius 1 is 1.28 bits per heavy atom. The number of benzene rings is 1. The molecule has 0 heterocycles. The fraction of sp³-hybridized carbons (Fsp3) is 0.364. The van der Waals surface area contributed by atoms with Crippen molar-refractivity contribution in [3.05, 3.63) is 28.8 Å². The van der Waals surface area contributed by atoms with E-state index in [1.54, 1.807) is 0 Å². The Balaban J connectivity index is 3.55. The van der Waals surface area contributed by atoms with Crippen molar-refractivity contribution in [1.82, 2.24) is 0 Å². The smallest absolute Gasteiger partial charge is 0.420 e. The number of hydrogen-bond donors (Lipinski definition) is 0. The highest BCUT2D eigenvalue weighted by molar-refractivity contribution is 5.98. The molecule has 0 bridgehead atoms. The fourth-order valence-corrected chi connectivity index (χ4v) is 1.62. The minimum atomic E-state index is -4.95. The highest BCUT2D eigenvalue weighted by atomic mass is 19.4. The van der Waals surface area contributed by atoms with Gasteiger partial charge in [0.25, 0.3) is 0 Å². The van der Waals surface area contributed by atoms with E-state index in [1.807, 2.05) is 0 Å². The zero-order chi connectivity index (χ0) is 14.1. The molecule has 1 aromatic rings. The minimum absolute atomic E-state index is 0.0523. The van der Waals surface area contributed by atoms with Crippen LogP contribution in [0.15, 0.2) is 12.1 Å². The van der Waals surface area contributed by atoms with E-state index in [9.17, 15) is 26.7 Å². The summed E-state index contributed by atoms with van der Waals surface area (Å²) in [5.41, 5.74) is -2.06. The summed E-state index contributed by atoms with van der Waals surface area (Å²) in [6, 6.07) is 1.90. The molecule has 0 unspecified atom stereocenters. The number of carbonyl (C=O) groups excluding carboxylic acids is 1. The van der Waals surface area contributed by atoms with E-state index in [-0.39, 0.29) is 5.56 Å². The highest BCUT2D eigenvalue weighted by Gasteiger charge is 2.39. The van der Waals surface area contributed by atoms with Crippen molar-refractivity contribution in [2.24, 2.45) is 0 Å². The zero-order valence-electron chi connectivity index (χ0n) is 9.44. The number of ether oxygens (including phenoxy) is 1. The standard InChI is InChI=1S/C11H9F5O2/c1-5-3-4-7(18-10(12)13)9(11(14,15)16)8(5)6(2)17/h3-4,10H,1-2H3. The van der Waals surface area contributed by atoms with Crippen LogP contribution in [0.3, 0.4) is 0 Å². The van der Waals surface area contributed by atoms with Crippen molar-refractivity contribution in [2.75, 3.05) is 0 Å². The number of carbonyl (C=O) groups is 1. The van der Waals surface area contributed by atoms with Gasteiger partial charge in [0.1, 0.15) is 11.3 Å². The Labute approximate surface area is 99.4 Å². The van der Waals surface area contributed by atoms with Gasteiger partial charge in [-0.2, -0.15) is 22.0 Å². The van der Waals surface area contributed by atoms with E-state index in [2.05, 4.69) is 4.74 Å². The SMILES string of the molecule is CC(=O)c1c(C)ccc(OC(F)F)c1C(F)(F)F. The number of alkyl halides is 5. The van der Waals surface area contributed by atoms with Crippen LogP contribution in [0.2, 0.25) is 0 Å². The van der Waals surface area contributed by atoms with Gasteiger partial charge in [0.15, 0.2) is 5.78 Å². The summed E-state index contributed by atoms with van der Waals surface area (Å²) in [5.74, 6) is -1.91. The van der Waals surface area contributed by atoms with Crippen LogP contribution in [0.5, 0.6) is 5.75 Å². The van der Waals surface area contributed by atoms with Crippen LogP contribution < -0.4 is 4.74 Å². The first-order valence-corrected chi connectivity index (χ1v) is 4.81. The van der Waals surface area contributed by atoms with Gasteiger partial charge in [-0.25, -0.2) is 0 Å². The van der Waals surface area contributed by atoms with E-state index < -0.39 is 35.4 Å². The second-order valence-corrected chi connectivity index (χ2v) is 3.56. The summed E-state index contributed by atoms with van der Waals surface area (Å²) in [7, 11) is 0. The number of halogens is 5. The maximum absolute atomic E-state index is 12.8. The molecule has 0 aliphatic carbocycles. The molecule has 0 radical (unpaired) electrons. The molecule has 0 aromatic heterocycles. The molecule has 2 nitrogen and oxygen atoms in total. The van der Waals surface area contributed by atoms with Gasteiger partial charge in [-0.05, 0) is 25.5 Å². The van der Waals surface area contributed by atoms with E-state index in [4.69, 9.17) is 0 Å². The van der Waals surface area contributed by atoms with Gasteiger partial charge in [-0.1, -0.05) is 6.07 Å². The third-order valence-electron chi connectivity index (χ3n) is 2.23. The van der Waals surface area contributed by atoms with Gasteiger partial charge in [-0.3, -0.25) is 4.79 Å². The van der Waals surface area contributed by atoms with E-state index >= 15 is 0 Å². The van der Waals surface area contributed by atoms with Crippen molar-refractivity contribution in [1.29, 1.82) is 0 Å². The molecule has 0 N–H and O–H groups in total. The molecule has 0 spiro atoms. The Bertz CT molecular complexity index is 465. The lowest BCUT2D eigenvalue weighted by Crippen LogP contribution is -2.17. The van der Waals surface area contributed by atoms with Crippen molar-refractivity contribution in [3.8, 4) is 5.75 Å². The lowest BCUT2D eigenvalue weighted by Gasteiger charge is -2.17. The first-order chi connectivity index (χ1) is 8.14. The molecule has 100 valence electrons. The highest BCUT2D eigenvalue weighted by Crippen LogP contribution is 2.40. The Morgan fingerprint density at radius 2 is 1.83 bits per heavy atom. The van der Waals surface area contributed by atoms with Crippen LogP contribution in [-0.4, -0.2) is 12.4 Å². The van der Waals surface area contributed by atoms with Gasteiger partial charge in [0, 0.05) is 5.56 Å². The predicted molar refractivity (Wildman–Crippen MR) is 52.8 cm³/mol. The summed E-state index contributed by atoms with van der Waals surface area (Å²) in [6.45, 7) is -1.17. The van der Waals surface area contributed by atoms with Gasteiger partial charge in [0.05, 0.1) is 0 Å². The summed E-state index contributed by atoms with van der Waals surface area (Å²) in [6.07, 6.45) is -4.95. The molecule has 0 saturated carbocycles. The third-order valence-corrected chi connectivity index (χ3v) is 2.23. The molecule has 1 aromatic carbocycles. The number of rotatable bonds is 3. The second kappa shape index (κ2) is 4.91. The molecule has 0 atom stereocenters. The first-order valence-electron chi connectivity index (χ1n) is 4.81. The normalized spacial score (nSPS) is 11.8. The summed E-state index contributed by atoms with van der Waals surface area (Å²) < 4.78 is 66.4. The van der Waals surface area contributed by atoms with Crippen LogP contribution in [-0.2, 0) is 6.18 Å². The lowest BCUT2D eigenvalue weighted by molar-refractivity contribution is -0.142. The first kappa shape index (κ1) is 14.4. The van der Waals surface area contributed by atoms with Gasteiger partial charge < -0.3 is 4.74 Å². The maximum atomic E-state index is 12.8. The monoisotopic (exact) mass is 268 g/mol. The lowest BCUT2D eigenvalue weighted by atomic mass is 9.97. The Morgan fingerprint density at radius 3 is 2.22 bits per heavy atom. The summed E-state index contributed by atoms with van der Waals surface area (Å²) in [4.78, 5) is 11.2. The summed E-state index contributed by atoms with van der Waals surface area (Å²) in [5, 5.41) is 0.